The van der Waals surface area contributed by atoms with E-state index in [1.165, 1.54) is 18.4 Å². The molecule has 2 amide bonds. The van der Waals surface area contributed by atoms with E-state index >= 15 is 0 Å². The van der Waals surface area contributed by atoms with Crippen LogP contribution in [0.5, 0.6) is 5.75 Å². The van der Waals surface area contributed by atoms with E-state index in [0.717, 1.165) is 0 Å². The number of hydrazine groups is 1. The topological polar surface area (TPSA) is 92.6 Å². The van der Waals surface area contributed by atoms with Crippen molar-refractivity contribution < 1.29 is 18.7 Å². The van der Waals surface area contributed by atoms with Crippen molar-refractivity contribution in [1.82, 2.24) is 16.2 Å². The van der Waals surface area contributed by atoms with Crippen LogP contribution in [0.1, 0.15) is 5.76 Å². The van der Waals surface area contributed by atoms with E-state index in [1.54, 1.807) is 36.4 Å². The van der Waals surface area contributed by atoms with E-state index in [2.05, 4.69) is 16.2 Å². The molecule has 0 bridgehead atoms. The molecule has 25 heavy (non-hydrogen) atoms. The highest BCUT2D eigenvalue weighted by Gasteiger charge is 2.06. The third kappa shape index (κ3) is 6.66. The fourth-order valence-corrected chi connectivity index (χ4v) is 1.94. The fourth-order valence-electron chi connectivity index (χ4n) is 1.60. The SMILES string of the molecule is O=C(C=Cc1ccco1)NC(=S)NNC(=O)COc1ccccc1Cl. The maximum atomic E-state index is 11.7. The summed E-state index contributed by atoms with van der Waals surface area (Å²) in [5.41, 5.74) is 4.68. The van der Waals surface area contributed by atoms with Crippen molar-refractivity contribution in [2.24, 2.45) is 0 Å². The van der Waals surface area contributed by atoms with Crippen molar-refractivity contribution in [2.45, 2.75) is 0 Å². The van der Waals surface area contributed by atoms with Crippen LogP contribution in [0.4, 0.5) is 0 Å². The van der Waals surface area contributed by atoms with Gasteiger partial charge in [0.15, 0.2) is 11.7 Å². The quantitative estimate of drug-likeness (QED) is 0.418. The van der Waals surface area contributed by atoms with E-state index in [1.807, 2.05) is 0 Å². The highest BCUT2D eigenvalue weighted by atomic mass is 35.5. The molecule has 3 N–H and O–H groups in total. The van der Waals surface area contributed by atoms with E-state index in [-0.39, 0.29) is 11.7 Å². The van der Waals surface area contributed by atoms with Crippen LogP contribution in [0.25, 0.3) is 6.08 Å². The van der Waals surface area contributed by atoms with Gasteiger partial charge < -0.3 is 9.15 Å². The summed E-state index contributed by atoms with van der Waals surface area (Å²) in [6, 6.07) is 10.2. The van der Waals surface area contributed by atoms with Crippen molar-refractivity contribution in [3.05, 3.63) is 59.5 Å². The van der Waals surface area contributed by atoms with Crippen molar-refractivity contribution in [1.29, 1.82) is 0 Å². The smallest absolute Gasteiger partial charge is 0.276 e. The number of ether oxygens (including phenoxy) is 1. The summed E-state index contributed by atoms with van der Waals surface area (Å²) in [4.78, 5) is 23.3. The summed E-state index contributed by atoms with van der Waals surface area (Å²) in [7, 11) is 0. The molecule has 0 spiro atoms. The Kier molecular flexibility index (Phi) is 7.00. The summed E-state index contributed by atoms with van der Waals surface area (Å²) in [6.07, 6.45) is 4.22. The Morgan fingerprint density at radius 3 is 2.72 bits per heavy atom. The van der Waals surface area contributed by atoms with Gasteiger partial charge in [-0.25, -0.2) is 0 Å². The maximum absolute atomic E-state index is 11.7. The average Bonchev–Trinajstić information content (AvgIpc) is 3.11. The second-order valence-corrected chi connectivity index (χ2v) is 5.37. The van der Waals surface area contributed by atoms with Crippen molar-refractivity contribution in [3.8, 4) is 5.75 Å². The first-order chi connectivity index (χ1) is 12.0. The van der Waals surface area contributed by atoms with Crippen LogP contribution in [0.15, 0.2) is 53.2 Å². The van der Waals surface area contributed by atoms with Gasteiger partial charge in [-0.3, -0.25) is 25.8 Å². The van der Waals surface area contributed by atoms with Crippen molar-refractivity contribution in [3.63, 3.8) is 0 Å². The zero-order valence-corrected chi connectivity index (χ0v) is 14.4. The number of hydrogen-bond acceptors (Lipinski definition) is 5. The molecular formula is C16H14ClN3O4S. The zero-order valence-electron chi connectivity index (χ0n) is 12.8. The van der Waals surface area contributed by atoms with Crippen LogP contribution in [0.3, 0.4) is 0 Å². The van der Waals surface area contributed by atoms with Crippen molar-refractivity contribution in [2.75, 3.05) is 6.61 Å². The zero-order chi connectivity index (χ0) is 18.1. The van der Waals surface area contributed by atoms with E-state index in [4.69, 9.17) is 33.0 Å². The molecule has 7 nitrogen and oxygen atoms in total. The summed E-state index contributed by atoms with van der Waals surface area (Å²) >= 11 is 10.8. The predicted molar refractivity (Wildman–Crippen MR) is 96.7 cm³/mol. The molecule has 0 saturated carbocycles. The van der Waals surface area contributed by atoms with E-state index in [0.29, 0.717) is 16.5 Å². The number of halogens is 1. The predicted octanol–water partition coefficient (Wildman–Crippen LogP) is 2.05. The molecule has 0 radical (unpaired) electrons. The molecule has 0 saturated heterocycles. The summed E-state index contributed by atoms with van der Waals surface area (Å²) in [5.74, 6) is -0.0598. The molecule has 0 unspecified atom stereocenters. The van der Waals surface area contributed by atoms with Gasteiger partial charge in [0.05, 0.1) is 11.3 Å². The van der Waals surface area contributed by atoms with Gasteiger partial charge >= 0.3 is 0 Å². The molecule has 0 aliphatic heterocycles. The first-order valence-corrected chi connectivity index (χ1v) is 7.82. The molecule has 0 fully saturated rings. The minimum atomic E-state index is -0.498. The van der Waals surface area contributed by atoms with Crippen LogP contribution in [-0.2, 0) is 9.59 Å². The lowest BCUT2D eigenvalue weighted by Crippen LogP contribution is -2.49. The average molecular weight is 380 g/mol. The normalized spacial score (nSPS) is 10.3. The number of hydrogen-bond donors (Lipinski definition) is 3. The first-order valence-electron chi connectivity index (χ1n) is 7.03. The summed E-state index contributed by atoms with van der Waals surface area (Å²) in [5, 5.41) is 2.69. The van der Waals surface area contributed by atoms with Crippen LogP contribution < -0.4 is 20.9 Å². The number of para-hydroxylation sites is 1. The van der Waals surface area contributed by atoms with E-state index in [9.17, 15) is 9.59 Å². The number of thiocarbonyl (C=S) groups is 1. The number of carbonyl (C=O) groups excluding carboxylic acids is 2. The highest BCUT2D eigenvalue weighted by molar-refractivity contribution is 7.80. The van der Waals surface area contributed by atoms with Crippen LogP contribution >= 0.6 is 23.8 Å². The summed E-state index contributed by atoms with van der Waals surface area (Å²) < 4.78 is 10.3. The second-order valence-electron chi connectivity index (χ2n) is 4.56. The van der Waals surface area contributed by atoms with Gasteiger partial charge in [0.2, 0.25) is 5.91 Å². The third-order valence-electron chi connectivity index (χ3n) is 2.69. The molecule has 0 aliphatic rings. The van der Waals surface area contributed by atoms with Gasteiger partial charge in [0.25, 0.3) is 5.91 Å². The number of carbonyl (C=O) groups is 2. The Hall–Kier alpha value is -2.84. The van der Waals surface area contributed by atoms with Gasteiger partial charge in [0.1, 0.15) is 11.5 Å². The number of benzene rings is 1. The van der Waals surface area contributed by atoms with Gasteiger partial charge in [-0.15, -0.1) is 0 Å². The van der Waals surface area contributed by atoms with Gasteiger partial charge in [-0.05, 0) is 42.6 Å². The fraction of sp³-hybridized carbons (Fsp3) is 0.0625. The van der Waals surface area contributed by atoms with Gasteiger partial charge in [-0.2, -0.15) is 0 Å². The number of furan rings is 1. The van der Waals surface area contributed by atoms with Crippen LogP contribution in [-0.4, -0.2) is 23.5 Å². The van der Waals surface area contributed by atoms with E-state index < -0.39 is 11.8 Å². The number of amides is 2. The van der Waals surface area contributed by atoms with Gasteiger partial charge in [0, 0.05) is 6.08 Å². The Balaban J connectivity index is 1.68. The Morgan fingerprint density at radius 2 is 2.00 bits per heavy atom. The minimum absolute atomic E-state index is 0.0693. The molecule has 0 atom stereocenters. The molecule has 0 aliphatic carbocycles. The van der Waals surface area contributed by atoms with Crippen molar-refractivity contribution >= 4 is 46.8 Å². The lowest BCUT2D eigenvalue weighted by Gasteiger charge is -2.11. The monoisotopic (exact) mass is 379 g/mol. The Morgan fingerprint density at radius 1 is 1.20 bits per heavy atom. The van der Waals surface area contributed by atoms with Crippen LogP contribution in [0, 0.1) is 0 Å². The molecule has 2 aromatic rings. The first kappa shape index (κ1) is 18.5. The maximum Gasteiger partial charge on any atom is 0.276 e. The molecule has 1 aromatic heterocycles. The lowest BCUT2D eigenvalue weighted by atomic mass is 10.3. The van der Waals surface area contributed by atoms with Crippen LogP contribution in [0.2, 0.25) is 5.02 Å². The van der Waals surface area contributed by atoms with Gasteiger partial charge in [-0.1, -0.05) is 23.7 Å². The standard InChI is InChI=1S/C16H14ClN3O4S/c17-12-5-1-2-6-13(12)24-10-15(22)19-20-16(25)18-14(21)8-7-11-4-3-9-23-11/h1-9H,10H2,(H,19,22)(H2,18,20,21,25). The Bertz CT molecular complexity index is 777. The summed E-state index contributed by atoms with van der Waals surface area (Å²) in [6.45, 7) is -0.272. The molecule has 9 heteroatoms. The minimum Gasteiger partial charge on any atom is -0.482 e. The lowest BCUT2D eigenvalue weighted by molar-refractivity contribution is -0.123. The third-order valence-corrected chi connectivity index (χ3v) is 3.21. The number of rotatable bonds is 5. The largest absolute Gasteiger partial charge is 0.482 e. The molecule has 2 rings (SSSR count). The second kappa shape index (κ2) is 9.45. The molecule has 130 valence electrons. The molecule has 1 heterocycles. The highest BCUT2D eigenvalue weighted by Crippen LogP contribution is 2.22. The molecule has 1 aromatic carbocycles. The Labute approximate surface area is 154 Å². The number of nitrogens with one attached hydrogen (secondary N) is 3. The molecular weight excluding hydrogens is 366 g/mol.